The van der Waals surface area contributed by atoms with Gasteiger partial charge in [0.25, 0.3) is 0 Å². The molecule has 0 aliphatic heterocycles. The van der Waals surface area contributed by atoms with Gasteiger partial charge in [0.05, 0.1) is 0 Å². The maximum atomic E-state index is 8.62. The maximum Gasteiger partial charge on any atom is 0.173 e. The maximum absolute atomic E-state index is 8.62. The van der Waals surface area contributed by atoms with Crippen LogP contribution in [0.25, 0.3) is 0 Å². The Morgan fingerprint density at radius 3 is 2.14 bits per heavy atom. The Morgan fingerprint density at radius 2 is 2.14 bits per heavy atom. The van der Waals surface area contributed by atoms with Crippen molar-refractivity contribution in [2.45, 2.75) is 19.6 Å². The molecular formula is C5H9NO. The Hall–Kier alpha value is -0.520. The summed E-state index contributed by atoms with van der Waals surface area (Å²) in [6.07, 6.45) is 0. The molecule has 0 rings (SSSR count). The molecule has 0 aromatic carbocycles. The molecule has 0 radical (unpaired) electrons. The van der Waals surface area contributed by atoms with E-state index in [1.807, 2.05) is 0 Å². The number of nitrogens with two attached hydrogens (primary N) is 1. The highest BCUT2D eigenvalue weighted by molar-refractivity contribution is 5.06. The standard InChI is InChI=1S/C5H9NO/c1-3-4-5(2,6)7/h7H,6H2,1-2H3. The van der Waals surface area contributed by atoms with E-state index in [9.17, 15) is 0 Å². The quantitative estimate of drug-likeness (QED) is 0.323. The van der Waals surface area contributed by atoms with Gasteiger partial charge >= 0.3 is 0 Å². The van der Waals surface area contributed by atoms with Crippen LogP contribution in [0.3, 0.4) is 0 Å². The molecule has 3 N–H and O–H groups in total. The summed E-state index contributed by atoms with van der Waals surface area (Å²) in [5.41, 5.74) is 3.72. The first-order valence-electron chi connectivity index (χ1n) is 2.01. The minimum Gasteiger partial charge on any atom is -0.365 e. The molecule has 0 aliphatic carbocycles. The average molecular weight is 99.1 g/mol. The summed E-state index contributed by atoms with van der Waals surface area (Å²) in [6.45, 7) is 3.06. The lowest BCUT2D eigenvalue weighted by Crippen LogP contribution is -2.33. The van der Waals surface area contributed by atoms with Crippen LogP contribution in [-0.4, -0.2) is 10.8 Å². The van der Waals surface area contributed by atoms with Crippen LogP contribution in [0.15, 0.2) is 0 Å². The van der Waals surface area contributed by atoms with Crippen LogP contribution in [0, 0.1) is 11.8 Å². The topological polar surface area (TPSA) is 46.2 Å². The van der Waals surface area contributed by atoms with Crippen molar-refractivity contribution in [3.63, 3.8) is 0 Å². The van der Waals surface area contributed by atoms with Crippen molar-refractivity contribution in [3.8, 4) is 11.8 Å². The highest BCUT2D eigenvalue weighted by Gasteiger charge is 2.04. The van der Waals surface area contributed by atoms with Crippen molar-refractivity contribution in [1.29, 1.82) is 0 Å². The minimum absolute atomic E-state index is 1.31. The van der Waals surface area contributed by atoms with E-state index >= 15 is 0 Å². The van der Waals surface area contributed by atoms with Crippen LogP contribution in [0.2, 0.25) is 0 Å². The summed E-state index contributed by atoms with van der Waals surface area (Å²) in [7, 11) is 0. The smallest absolute Gasteiger partial charge is 0.173 e. The van der Waals surface area contributed by atoms with Gasteiger partial charge in [-0.25, -0.2) is 0 Å². The van der Waals surface area contributed by atoms with Crippen LogP contribution in [0.5, 0.6) is 0 Å². The number of hydrogen-bond donors (Lipinski definition) is 2. The summed E-state index contributed by atoms with van der Waals surface area (Å²) in [6, 6.07) is 0. The van der Waals surface area contributed by atoms with Crippen molar-refractivity contribution >= 4 is 0 Å². The van der Waals surface area contributed by atoms with Gasteiger partial charge in [0.1, 0.15) is 0 Å². The van der Waals surface area contributed by atoms with Crippen LogP contribution in [0.4, 0.5) is 0 Å². The Kier molecular flexibility index (Phi) is 1.82. The molecule has 0 saturated carbocycles. The molecule has 0 spiro atoms. The zero-order chi connectivity index (χ0) is 5.91. The van der Waals surface area contributed by atoms with Gasteiger partial charge in [0, 0.05) is 0 Å². The Bertz CT molecular complexity index is 101. The molecule has 0 aliphatic rings. The second-order valence-electron chi connectivity index (χ2n) is 1.52. The first kappa shape index (κ1) is 6.48. The fraction of sp³-hybridized carbons (Fsp3) is 0.600. The van der Waals surface area contributed by atoms with Crippen molar-refractivity contribution in [3.05, 3.63) is 0 Å². The lowest BCUT2D eigenvalue weighted by Gasteiger charge is -2.05. The third-order valence-corrected chi connectivity index (χ3v) is 0.378. The fourth-order valence-corrected chi connectivity index (χ4v) is 0.253. The molecule has 0 amide bonds. The zero-order valence-electron chi connectivity index (χ0n) is 4.52. The highest BCUT2D eigenvalue weighted by atomic mass is 16.3. The molecule has 0 fully saturated rings. The zero-order valence-corrected chi connectivity index (χ0v) is 4.52. The summed E-state index contributed by atoms with van der Waals surface area (Å²) in [4.78, 5) is 0. The molecule has 0 saturated heterocycles. The third kappa shape index (κ3) is 5.48. The number of rotatable bonds is 0. The van der Waals surface area contributed by atoms with Crippen molar-refractivity contribution < 1.29 is 5.11 Å². The van der Waals surface area contributed by atoms with E-state index in [0.29, 0.717) is 0 Å². The first-order chi connectivity index (χ1) is 3.06. The van der Waals surface area contributed by atoms with E-state index in [0.717, 1.165) is 0 Å². The molecule has 0 aromatic heterocycles. The van der Waals surface area contributed by atoms with Gasteiger partial charge in [0.2, 0.25) is 0 Å². The van der Waals surface area contributed by atoms with Gasteiger partial charge < -0.3 is 5.11 Å². The van der Waals surface area contributed by atoms with Crippen molar-refractivity contribution in [1.82, 2.24) is 0 Å². The normalized spacial score (nSPS) is 16.6. The van der Waals surface area contributed by atoms with E-state index in [1.165, 1.54) is 6.92 Å². The molecule has 2 heteroatoms. The third-order valence-electron chi connectivity index (χ3n) is 0.378. The average Bonchev–Trinajstić information content (AvgIpc) is 1.30. The Morgan fingerprint density at radius 1 is 1.71 bits per heavy atom. The molecule has 2 nitrogen and oxygen atoms in total. The molecule has 7 heavy (non-hydrogen) atoms. The summed E-state index contributed by atoms with van der Waals surface area (Å²) < 4.78 is 0. The number of hydrogen-bond acceptors (Lipinski definition) is 2. The van der Waals surface area contributed by atoms with Gasteiger partial charge in [0.15, 0.2) is 5.72 Å². The fourth-order valence-electron chi connectivity index (χ4n) is 0.253. The molecule has 0 heterocycles. The largest absolute Gasteiger partial charge is 0.365 e. The SMILES string of the molecule is CC#CC(C)(N)O. The van der Waals surface area contributed by atoms with Gasteiger partial charge in [-0.3, -0.25) is 5.73 Å². The minimum atomic E-state index is -1.31. The van der Waals surface area contributed by atoms with Crippen molar-refractivity contribution in [2.24, 2.45) is 5.73 Å². The molecule has 1 atom stereocenters. The van der Waals surface area contributed by atoms with E-state index in [1.54, 1.807) is 6.92 Å². The van der Waals surface area contributed by atoms with Crippen LogP contribution >= 0.6 is 0 Å². The molecule has 40 valence electrons. The summed E-state index contributed by atoms with van der Waals surface area (Å²) >= 11 is 0. The van der Waals surface area contributed by atoms with E-state index in [4.69, 9.17) is 10.8 Å². The van der Waals surface area contributed by atoms with Crippen LogP contribution in [0.1, 0.15) is 13.8 Å². The van der Waals surface area contributed by atoms with Gasteiger partial charge in [-0.2, -0.15) is 0 Å². The van der Waals surface area contributed by atoms with Gasteiger partial charge in [-0.15, -0.1) is 5.92 Å². The monoisotopic (exact) mass is 99.1 g/mol. The highest BCUT2D eigenvalue weighted by Crippen LogP contribution is 1.84. The van der Waals surface area contributed by atoms with E-state index < -0.39 is 5.72 Å². The van der Waals surface area contributed by atoms with Crippen LogP contribution < -0.4 is 5.73 Å². The summed E-state index contributed by atoms with van der Waals surface area (Å²) in [5.74, 6) is 4.85. The molecule has 1 unspecified atom stereocenters. The van der Waals surface area contributed by atoms with Gasteiger partial charge in [-0.1, -0.05) is 5.92 Å². The second-order valence-corrected chi connectivity index (χ2v) is 1.52. The van der Waals surface area contributed by atoms with Crippen LogP contribution in [-0.2, 0) is 0 Å². The molecule has 0 aromatic rings. The van der Waals surface area contributed by atoms with E-state index in [-0.39, 0.29) is 0 Å². The Balaban J connectivity index is 3.72. The number of aliphatic hydroxyl groups is 1. The Labute approximate surface area is 43.3 Å². The predicted octanol–water partition coefficient (Wildman–Crippen LogP) is -0.323. The lowest BCUT2D eigenvalue weighted by molar-refractivity contribution is 0.130. The molecular weight excluding hydrogens is 90.1 g/mol. The van der Waals surface area contributed by atoms with E-state index in [2.05, 4.69) is 11.8 Å². The second kappa shape index (κ2) is 1.97. The first-order valence-corrected chi connectivity index (χ1v) is 2.01. The summed E-state index contributed by atoms with van der Waals surface area (Å²) in [5, 5.41) is 8.62. The van der Waals surface area contributed by atoms with Crippen molar-refractivity contribution in [2.75, 3.05) is 0 Å². The molecule has 0 bridgehead atoms. The van der Waals surface area contributed by atoms with Gasteiger partial charge in [-0.05, 0) is 13.8 Å². The predicted molar refractivity (Wildman–Crippen MR) is 28.3 cm³/mol. The lowest BCUT2D eigenvalue weighted by atomic mass is 10.3.